The van der Waals surface area contributed by atoms with E-state index in [0.717, 1.165) is 12.8 Å². The number of nitrogens with one attached hydrogen (secondary N) is 2. The molecule has 0 aliphatic heterocycles. The van der Waals surface area contributed by atoms with Crippen LogP contribution in [0.15, 0.2) is 53.4 Å². The van der Waals surface area contributed by atoms with E-state index in [0.29, 0.717) is 17.1 Å². The fourth-order valence-corrected chi connectivity index (χ4v) is 3.62. The highest BCUT2D eigenvalue weighted by Gasteiger charge is 2.18. The van der Waals surface area contributed by atoms with Crippen molar-refractivity contribution < 1.29 is 17.9 Å². The predicted molar refractivity (Wildman–Crippen MR) is 103 cm³/mol. The molecule has 140 valence electrons. The Morgan fingerprint density at radius 1 is 1.15 bits per heavy atom. The topological polar surface area (TPSA) is 84.5 Å². The van der Waals surface area contributed by atoms with Gasteiger partial charge in [0.15, 0.2) is 0 Å². The summed E-state index contributed by atoms with van der Waals surface area (Å²) in [5.74, 6) is 0.167. The molecular weight excluding hydrogens is 352 g/mol. The van der Waals surface area contributed by atoms with Gasteiger partial charge in [-0.1, -0.05) is 38.5 Å². The maximum Gasteiger partial charge on any atom is 0.262 e. The van der Waals surface area contributed by atoms with Crippen LogP contribution in [0.2, 0.25) is 0 Å². The van der Waals surface area contributed by atoms with Crippen molar-refractivity contribution in [1.29, 1.82) is 0 Å². The number of hydrogen-bond donors (Lipinski definition) is 2. The first-order valence-electron chi connectivity index (χ1n) is 8.44. The van der Waals surface area contributed by atoms with Crippen LogP contribution in [0.5, 0.6) is 5.75 Å². The number of ether oxygens (including phenoxy) is 1. The van der Waals surface area contributed by atoms with Crippen molar-refractivity contribution in [3.63, 3.8) is 0 Å². The number of para-hydroxylation sites is 2. The van der Waals surface area contributed by atoms with E-state index in [1.165, 1.54) is 19.2 Å². The Hall–Kier alpha value is -2.54. The largest absolute Gasteiger partial charge is 0.495 e. The van der Waals surface area contributed by atoms with Gasteiger partial charge in [-0.15, -0.1) is 0 Å². The zero-order valence-corrected chi connectivity index (χ0v) is 16.0. The lowest BCUT2D eigenvalue weighted by atomic mass is 10.1. The molecular formula is C19H24N2O4S. The Bertz CT molecular complexity index is 865. The Kier molecular flexibility index (Phi) is 6.63. The molecule has 2 rings (SSSR count). The summed E-state index contributed by atoms with van der Waals surface area (Å²) in [5.41, 5.74) is 0.793. The van der Waals surface area contributed by atoms with E-state index < -0.39 is 10.0 Å². The highest BCUT2D eigenvalue weighted by molar-refractivity contribution is 7.92. The van der Waals surface area contributed by atoms with Gasteiger partial charge in [-0.3, -0.25) is 9.52 Å². The molecule has 0 aliphatic rings. The van der Waals surface area contributed by atoms with Crippen LogP contribution in [-0.4, -0.2) is 21.4 Å². The molecule has 6 nitrogen and oxygen atoms in total. The number of anilines is 2. The van der Waals surface area contributed by atoms with Crippen molar-refractivity contribution in [3.05, 3.63) is 48.5 Å². The molecule has 1 atom stereocenters. The van der Waals surface area contributed by atoms with Crippen LogP contribution in [0.4, 0.5) is 11.4 Å². The first-order valence-corrected chi connectivity index (χ1v) is 9.92. The van der Waals surface area contributed by atoms with Crippen molar-refractivity contribution in [2.45, 2.75) is 31.6 Å². The Labute approximate surface area is 154 Å². The molecule has 0 aliphatic carbocycles. The van der Waals surface area contributed by atoms with Gasteiger partial charge in [-0.25, -0.2) is 8.42 Å². The van der Waals surface area contributed by atoms with Gasteiger partial charge in [0.25, 0.3) is 10.0 Å². The third-order valence-corrected chi connectivity index (χ3v) is 5.30. The van der Waals surface area contributed by atoms with Crippen LogP contribution in [-0.2, 0) is 14.8 Å². The molecule has 0 unspecified atom stereocenters. The lowest BCUT2D eigenvalue weighted by molar-refractivity contribution is -0.119. The Balaban J connectivity index is 2.21. The zero-order valence-electron chi connectivity index (χ0n) is 15.2. The summed E-state index contributed by atoms with van der Waals surface area (Å²) in [7, 11) is -2.34. The molecule has 2 N–H and O–H groups in total. The van der Waals surface area contributed by atoms with E-state index in [9.17, 15) is 13.2 Å². The maximum absolute atomic E-state index is 12.7. The third-order valence-electron chi connectivity index (χ3n) is 3.93. The number of rotatable bonds is 8. The molecule has 7 heteroatoms. The van der Waals surface area contributed by atoms with Crippen LogP contribution < -0.4 is 14.8 Å². The Morgan fingerprint density at radius 2 is 1.88 bits per heavy atom. The number of benzene rings is 2. The molecule has 0 aromatic heterocycles. The van der Waals surface area contributed by atoms with Gasteiger partial charge in [0.1, 0.15) is 5.75 Å². The van der Waals surface area contributed by atoms with Crippen LogP contribution in [0.25, 0.3) is 0 Å². The van der Waals surface area contributed by atoms with E-state index in [4.69, 9.17) is 4.74 Å². The lowest BCUT2D eigenvalue weighted by Crippen LogP contribution is -2.20. The monoisotopic (exact) mass is 376 g/mol. The molecule has 2 aromatic rings. The molecule has 0 heterocycles. The highest BCUT2D eigenvalue weighted by Crippen LogP contribution is 2.27. The quantitative estimate of drug-likeness (QED) is 0.732. The van der Waals surface area contributed by atoms with Crippen LogP contribution in [0, 0.1) is 5.92 Å². The first kappa shape index (κ1) is 19.8. The number of hydrogen-bond acceptors (Lipinski definition) is 4. The van der Waals surface area contributed by atoms with E-state index in [1.54, 1.807) is 36.4 Å². The second kappa shape index (κ2) is 8.71. The second-order valence-electron chi connectivity index (χ2n) is 6.01. The number of carbonyl (C=O) groups excluding carboxylic acids is 1. The maximum atomic E-state index is 12.7. The van der Waals surface area contributed by atoms with E-state index in [-0.39, 0.29) is 16.7 Å². The summed E-state index contributed by atoms with van der Waals surface area (Å²) in [4.78, 5) is 12.2. The summed E-state index contributed by atoms with van der Waals surface area (Å²) in [5, 5.41) is 2.77. The number of sulfonamides is 1. The number of carbonyl (C=O) groups is 1. The van der Waals surface area contributed by atoms with Crippen LogP contribution >= 0.6 is 0 Å². The van der Waals surface area contributed by atoms with Crippen molar-refractivity contribution in [2.24, 2.45) is 5.92 Å². The molecule has 0 bridgehead atoms. The third kappa shape index (κ3) is 4.98. The van der Waals surface area contributed by atoms with Crippen molar-refractivity contribution in [2.75, 3.05) is 17.1 Å². The normalized spacial score (nSPS) is 12.3. The molecule has 0 saturated carbocycles. The molecule has 26 heavy (non-hydrogen) atoms. The molecule has 0 saturated heterocycles. The number of amides is 1. The minimum atomic E-state index is -3.82. The summed E-state index contributed by atoms with van der Waals surface area (Å²) >= 11 is 0. The first-order chi connectivity index (χ1) is 12.4. The summed E-state index contributed by atoms with van der Waals surface area (Å²) in [6.45, 7) is 3.86. The average molecular weight is 376 g/mol. The van der Waals surface area contributed by atoms with Crippen LogP contribution in [0.1, 0.15) is 26.7 Å². The Morgan fingerprint density at radius 3 is 2.58 bits per heavy atom. The molecule has 0 fully saturated rings. The molecule has 0 radical (unpaired) electrons. The minimum Gasteiger partial charge on any atom is -0.495 e. The van der Waals surface area contributed by atoms with E-state index >= 15 is 0 Å². The molecule has 2 aromatic carbocycles. The summed E-state index contributed by atoms with van der Waals surface area (Å²) in [6, 6.07) is 12.9. The van der Waals surface area contributed by atoms with E-state index in [1.807, 2.05) is 13.8 Å². The van der Waals surface area contributed by atoms with Gasteiger partial charge in [-0.2, -0.15) is 0 Å². The van der Waals surface area contributed by atoms with Gasteiger partial charge in [0.2, 0.25) is 5.91 Å². The van der Waals surface area contributed by atoms with Crippen molar-refractivity contribution in [3.8, 4) is 5.75 Å². The highest BCUT2D eigenvalue weighted by atomic mass is 32.2. The average Bonchev–Trinajstić information content (AvgIpc) is 2.62. The van der Waals surface area contributed by atoms with Gasteiger partial charge < -0.3 is 10.1 Å². The number of methoxy groups -OCH3 is 1. The summed E-state index contributed by atoms with van der Waals surface area (Å²) in [6.07, 6.45) is 1.69. The standard InChI is InChI=1S/C19H24N2O4S/c1-4-8-14(2)19(22)20-15-9-7-10-16(13-15)26(23,24)21-17-11-5-6-12-18(17)25-3/h5-7,9-14,21H,4,8H2,1-3H3,(H,20,22)/t14-/m1/s1. The van der Waals surface area contributed by atoms with Crippen LogP contribution in [0.3, 0.4) is 0 Å². The smallest absolute Gasteiger partial charge is 0.262 e. The minimum absolute atomic E-state index is 0.0596. The van der Waals surface area contributed by atoms with Gasteiger partial charge in [-0.05, 0) is 36.8 Å². The predicted octanol–water partition coefficient (Wildman–Crippen LogP) is 3.87. The second-order valence-corrected chi connectivity index (χ2v) is 7.69. The van der Waals surface area contributed by atoms with Gasteiger partial charge in [0, 0.05) is 11.6 Å². The van der Waals surface area contributed by atoms with Gasteiger partial charge in [0.05, 0.1) is 17.7 Å². The fraction of sp³-hybridized carbons (Fsp3) is 0.316. The summed E-state index contributed by atoms with van der Waals surface area (Å²) < 4.78 is 33.0. The van der Waals surface area contributed by atoms with Crippen molar-refractivity contribution in [1.82, 2.24) is 0 Å². The fourth-order valence-electron chi connectivity index (χ4n) is 2.50. The van der Waals surface area contributed by atoms with E-state index in [2.05, 4.69) is 10.0 Å². The SMILES string of the molecule is CCC[C@@H](C)C(=O)Nc1cccc(S(=O)(=O)Nc2ccccc2OC)c1. The lowest BCUT2D eigenvalue weighted by Gasteiger charge is -2.14. The molecule has 1 amide bonds. The zero-order chi connectivity index (χ0) is 19.2. The van der Waals surface area contributed by atoms with Crippen molar-refractivity contribution >= 4 is 27.3 Å². The van der Waals surface area contributed by atoms with Gasteiger partial charge >= 0.3 is 0 Å². The molecule has 0 spiro atoms.